The molecule has 0 saturated carbocycles. The molecule has 40 heavy (non-hydrogen) atoms. The summed E-state index contributed by atoms with van der Waals surface area (Å²) in [5, 5.41) is 12.5. The van der Waals surface area contributed by atoms with Gasteiger partial charge in [-0.3, -0.25) is 0 Å². The van der Waals surface area contributed by atoms with Gasteiger partial charge in [0.25, 0.3) is 10.0 Å². The molecule has 0 aliphatic rings. The van der Waals surface area contributed by atoms with Crippen molar-refractivity contribution in [2.75, 3.05) is 0 Å². The van der Waals surface area contributed by atoms with Crippen LogP contribution >= 0.6 is 0 Å². The highest BCUT2D eigenvalue weighted by Crippen LogP contribution is 2.34. The van der Waals surface area contributed by atoms with E-state index in [0.29, 0.717) is 28.0 Å². The minimum Gasteiger partial charge on any atom is -0.480 e. The second kappa shape index (κ2) is 11.0. The highest BCUT2D eigenvalue weighted by atomic mass is 32.2. The second-order valence-electron chi connectivity index (χ2n) is 10.4. The van der Waals surface area contributed by atoms with Gasteiger partial charge >= 0.3 is 12.1 Å². The van der Waals surface area contributed by atoms with Crippen LogP contribution in [0.5, 0.6) is 11.5 Å². The van der Waals surface area contributed by atoms with Gasteiger partial charge in [-0.05, 0) is 76.1 Å². The maximum absolute atomic E-state index is 13.4. The minimum absolute atomic E-state index is 0.0349. The average molecular weight is 566 g/mol. The van der Waals surface area contributed by atoms with Crippen molar-refractivity contribution in [3.8, 4) is 11.5 Å². The van der Waals surface area contributed by atoms with Crippen LogP contribution in [0.25, 0.3) is 11.0 Å². The number of ether oxygens (including phenoxy) is 2. The predicted octanol–water partition coefficient (Wildman–Crippen LogP) is 5.20. The number of hydrogen-bond acceptors (Lipinski definition) is 7. The number of amides is 1. The molecule has 0 unspecified atom stereocenters. The van der Waals surface area contributed by atoms with Gasteiger partial charge in [0.15, 0.2) is 5.65 Å². The third kappa shape index (κ3) is 6.42. The Morgan fingerprint density at radius 2 is 1.68 bits per heavy atom. The number of carboxylic acids is 1. The summed E-state index contributed by atoms with van der Waals surface area (Å²) in [6.45, 7) is 8.74. The Morgan fingerprint density at radius 1 is 1.02 bits per heavy atom. The Labute approximate surface area is 232 Å². The van der Waals surface area contributed by atoms with Crippen molar-refractivity contribution in [3.63, 3.8) is 0 Å². The van der Waals surface area contributed by atoms with E-state index in [9.17, 15) is 23.1 Å². The van der Waals surface area contributed by atoms with E-state index in [0.717, 1.165) is 9.54 Å². The van der Waals surface area contributed by atoms with Gasteiger partial charge in [-0.25, -0.2) is 27.0 Å². The van der Waals surface area contributed by atoms with Crippen molar-refractivity contribution < 1.29 is 32.6 Å². The normalized spacial score (nSPS) is 12.6. The van der Waals surface area contributed by atoms with Gasteiger partial charge in [0.05, 0.1) is 10.3 Å². The number of hydrogen-bond donors (Lipinski definition) is 2. The second-order valence-corrected chi connectivity index (χ2v) is 12.2. The fraction of sp³-hybridized carbons (Fsp3) is 0.276. The third-order valence-corrected chi connectivity index (χ3v) is 7.63. The lowest BCUT2D eigenvalue weighted by atomic mass is 10.1. The van der Waals surface area contributed by atoms with Gasteiger partial charge in [0.2, 0.25) is 0 Å². The maximum Gasteiger partial charge on any atom is 0.408 e. The molecule has 0 aliphatic carbocycles. The van der Waals surface area contributed by atoms with Crippen LogP contribution in [0.2, 0.25) is 0 Å². The molecule has 0 radical (unpaired) electrons. The van der Waals surface area contributed by atoms with Crippen molar-refractivity contribution >= 4 is 33.1 Å². The molecule has 2 aromatic heterocycles. The van der Waals surface area contributed by atoms with Crippen molar-refractivity contribution in [3.05, 3.63) is 83.7 Å². The van der Waals surface area contributed by atoms with E-state index >= 15 is 0 Å². The van der Waals surface area contributed by atoms with Crippen molar-refractivity contribution in [2.45, 2.75) is 57.6 Å². The molecule has 1 atom stereocenters. The number of alkyl carbamates (subject to hydrolysis) is 1. The van der Waals surface area contributed by atoms with Crippen LogP contribution in [-0.4, -0.2) is 46.2 Å². The lowest BCUT2D eigenvalue weighted by Crippen LogP contribution is -2.44. The summed E-state index contributed by atoms with van der Waals surface area (Å²) >= 11 is 0. The predicted molar refractivity (Wildman–Crippen MR) is 149 cm³/mol. The van der Waals surface area contributed by atoms with Crippen LogP contribution in [0.1, 0.15) is 37.5 Å². The van der Waals surface area contributed by atoms with Crippen LogP contribution in [0.15, 0.2) is 71.9 Å². The molecule has 0 saturated heterocycles. The molecule has 2 heterocycles. The number of pyridine rings is 1. The molecule has 10 nitrogen and oxygen atoms in total. The largest absolute Gasteiger partial charge is 0.480 e. The first-order valence-electron chi connectivity index (χ1n) is 12.5. The van der Waals surface area contributed by atoms with E-state index in [2.05, 4.69) is 10.3 Å². The summed E-state index contributed by atoms with van der Waals surface area (Å²) < 4.78 is 39.1. The number of nitrogens with one attached hydrogen (secondary N) is 1. The Hall–Kier alpha value is -4.38. The molecule has 210 valence electrons. The van der Waals surface area contributed by atoms with E-state index in [1.165, 1.54) is 12.4 Å². The zero-order chi connectivity index (χ0) is 29.2. The molecule has 11 heteroatoms. The molecule has 1 amide bonds. The standard InChI is InChI=1S/C29H31N3O7S/c1-18-6-12-22(13-7-18)40(36,37)32-17-19(2)25-24(14-15-30-26(25)32)38-21-10-8-20(9-11-21)16-23(27(33)34)31-28(35)39-29(3,4)5/h6-15,17,23H,16H2,1-5H3,(H,31,35)(H,33,34)/t23-/m1/s1. The third-order valence-electron chi connectivity index (χ3n) is 5.96. The van der Waals surface area contributed by atoms with E-state index < -0.39 is 33.7 Å². The number of aliphatic carboxylic acids is 1. The minimum atomic E-state index is -3.88. The molecule has 0 bridgehead atoms. The molecule has 0 spiro atoms. The smallest absolute Gasteiger partial charge is 0.408 e. The molecular formula is C29H31N3O7S. The van der Waals surface area contributed by atoms with E-state index in [4.69, 9.17) is 9.47 Å². The fourth-order valence-corrected chi connectivity index (χ4v) is 5.44. The van der Waals surface area contributed by atoms with Crippen LogP contribution < -0.4 is 10.1 Å². The monoisotopic (exact) mass is 565 g/mol. The number of nitrogens with zero attached hydrogens (tertiary/aromatic N) is 2. The van der Waals surface area contributed by atoms with Gasteiger partial charge in [-0.1, -0.05) is 29.8 Å². The van der Waals surface area contributed by atoms with Gasteiger partial charge in [-0.15, -0.1) is 0 Å². The molecule has 4 rings (SSSR count). The van der Waals surface area contributed by atoms with Crippen molar-refractivity contribution in [2.24, 2.45) is 0 Å². The Bertz CT molecular complexity index is 1650. The molecule has 0 aliphatic heterocycles. The lowest BCUT2D eigenvalue weighted by molar-refractivity contribution is -0.139. The van der Waals surface area contributed by atoms with Crippen LogP contribution in [0, 0.1) is 13.8 Å². The van der Waals surface area contributed by atoms with Gasteiger partial charge < -0.3 is 19.9 Å². The number of rotatable bonds is 8. The first kappa shape index (κ1) is 28.6. The van der Waals surface area contributed by atoms with E-state index in [1.54, 1.807) is 82.3 Å². The summed E-state index contributed by atoms with van der Waals surface area (Å²) in [6.07, 6.45) is 2.22. The number of carbonyl (C=O) groups excluding carboxylic acids is 1. The molecular weight excluding hydrogens is 534 g/mol. The maximum atomic E-state index is 13.4. The Morgan fingerprint density at radius 3 is 2.27 bits per heavy atom. The van der Waals surface area contributed by atoms with Crippen molar-refractivity contribution in [1.29, 1.82) is 0 Å². The molecule has 4 aromatic rings. The Kier molecular flexibility index (Phi) is 7.88. The highest BCUT2D eigenvalue weighted by molar-refractivity contribution is 7.90. The first-order valence-corrected chi connectivity index (χ1v) is 14.0. The fourth-order valence-electron chi connectivity index (χ4n) is 4.07. The molecule has 2 N–H and O–H groups in total. The highest BCUT2D eigenvalue weighted by Gasteiger charge is 2.25. The Balaban J connectivity index is 1.55. The van der Waals surface area contributed by atoms with Crippen LogP contribution in [0.4, 0.5) is 4.79 Å². The van der Waals surface area contributed by atoms with Gasteiger partial charge in [0.1, 0.15) is 23.1 Å². The van der Waals surface area contributed by atoms with Crippen LogP contribution in [-0.2, 0) is 26.0 Å². The van der Waals surface area contributed by atoms with E-state index in [-0.39, 0.29) is 17.0 Å². The average Bonchev–Trinajstić information content (AvgIpc) is 3.22. The van der Waals surface area contributed by atoms with E-state index in [1.807, 2.05) is 6.92 Å². The zero-order valence-corrected chi connectivity index (χ0v) is 23.7. The van der Waals surface area contributed by atoms with Gasteiger partial charge in [0, 0.05) is 18.8 Å². The quantitative estimate of drug-likeness (QED) is 0.297. The zero-order valence-electron chi connectivity index (χ0n) is 22.8. The summed E-state index contributed by atoms with van der Waals surface area (Å²) in [4.78, 5) is 28.2. The number of benzene rings is 2. The number of aryl methyl sites for hydroxylation is 2. The summed E-state index contributed by atoms with van der Waals surface area (Å²) in [7, 11) is -3.88. The molecule has 0 fully saturated rings. The van der Waals surface area contributed by atoms with Crippen molar-refractivity contribution in [1.82, 2.24) is 14.3 Å². The summed E-state index contributed by atoms with van der Waals surface area (Å²) in [6, 6.07) is 13.8. The summed E-state index contributed by atoms with van der Waals surface area (Å²) in [5.41, 5.74) is 1.76. The molecule has 2 aromatic carbocycles. The summed E-state index contributed by atoms with van der Waals surface area (Å²) in [5.74, 6) is -0.314. The first-order chi connectivity index (χ1) is 18.7. The van der Waals surface area contributed by atoms with Gasteiger partial charge in [-0.2, -0.15) is 0 Å². The van der Waals surface area contributed by atoms with Crippen LogP contribution in [0.3, 0.4) is 0 Å². The number of carbonyl (C=O) groups is 2. The number of aromatic nitrogens is 2. The SMILES string of the molecule is Cc1ccc(S(=O)(=O)n2cc(C)c3c(Oc4ccc(C[C@@H](NC(=O)OC(C)(C)C)C(=O)O)cc4)ccnc32)cc1. The number of carboxylic acid groups (broad SMARTS) is 1. The lowest BCUT2D eigenvalue weighted by Gasteiger charge is -2.22. The topological polar surface area (TPSA) is 137 Å². The number of fused-ring (bicyclic) bond motifs is 1.